The molecule has 0 bridgehead atoms. The Balaban J connectivity index is 2.46. The van der Waals surface area contributed by atoms with Crippen molar-refractivity contribution in [3.63, 3.8) is 0 Å². The van der Waals surface area contributed by atoms with E-state index in [0.29, 0.717) is 0 Å². The number of anilines is 1. The van der Waals surface area contributed by atoms with E-state index >= 15 is 0 Å². The van der Waals surface area contributed by atoms with Crippen LogP contribution in [0.1, 0.15) is 20.7 Å². The number of benzene rings is 1. The summed E-state index contributed by atoms with van der Waals surface area (Å²) in [6.45, 7) is 0. The zero-order valence-electron chi connectivity index (χ0n) is 12.7. The highest BCUT2D eigenvalue weighted by Crippen LogP contribution is 2.29. The molecule has 0 saturated heterocycles. The number of hydrogen-bond donors (Lipinski definition) is 1. The summed E-state index contributed by atoms with van der Waals surface area (Å²) in [7, 11) is 3.66. The maximum Gasteiger partial charge on any atom is 0.354 e. The standard InChI is InChI=1S/C15H14N2O6/c1-17-13(19)8-5-4-6-9(12(8)14(17)20)16-10(15(21)23-3)7-11(18)22-2/h4-7,16H,1-3H3/b10-7+. The van der Waals surface area contributed by atoms with Gasteiger partial charge in [-0.3, -0.25) is 14.5 Å². The lowest BCUT2D eigenvalue weighted by Crippen LogP contribution is -2.24. The molecule has 1 N–H and O–H groups in total. The van der Waals surface area contributed by atoms with Crippen LogP contribution in [0.3, 0.4) is 0 Å². The van der Waals surface area contributed by atoms with Crippen LogP contribution in [-0.4, -0.2) is 49.9 Å². The topological polar surface area (TPSA) is 102 Å². The summed E-state index contributed by atoms with van der Waals surface area (Å²) in [4.78, 5) is 48.2. The molecule has 0 aliphatic carbocycles. The molecular formula is C15H14N2O6. The average Bonchev–Trinajstić information content (AvgIpc) is 2.78. The molecular weight excluding hydrogens is 304 g/mol. The third-order valence-corrected chi connectivity index (χ3v) is 3.26. The van der Waals surface area contributed by atoms with Crippen molar-refractivity contribution >= 4 is 29.4 Å². The maximum atomic E-state index is 12.2. The van der Waals surface area contributed by atoms with Crippen LogP contribution in [0.2, 0.25) is 0 Å². The molecule has 2 amide bonds. The summed E-state index contributed by atoms with van der Waals surface area (Å²) in [6.07, 6.45) is 0.899. The summed E-state index contributed by atoms with van der Waals surface area (Å²) < 4.78 is 9.05. The summed E-state index contributed by atoms with van der Waals surface area (Å²) in [5.41, 5.74) is 0.331. The van der Waals surface area contributed by atoms with Crippen LogP contribution >= 0.6 is 0 Å². The Morgan fingerprint density at radius 2 is 1.83 bits per heavy atom. The largest absolute Gasteiger partial charge is 0.466 e. The van der Waals surface area contributed by atoms with E-state index in [4.69, 9.17) is 0 Å². The third-order valence-electron chi connectivity index (χ3n) is 3.26. The third kappa shape index (κ3) is 2.91. The lowest BCUT2D eigenvalue weighted by molar-refractivity contribution is -0.138. The second-order valence-corrected chi connectivity index (χ2v) is 4.60. The summed E-state index contributed by atoms with van der Waals surface area (Å²) in [6, 6.07) is 4.57. The van der Waals surface area contributed by atoms with Crippen molar-refractivity contribution in [2.75, 3.05) is 26.6 Å². The Labute approximate surface area is 131 Å². The molecule has 1 aromatic carbocycles. The molecule has 0 radical (unpaired) electrons. The summed E-state index contributed by atoms with van der Waals surface area (Å²) in [5.74, 6) is -2.54. The normalized spacial score (nSPS) is 13.7. The minimum absolute atomic E-state index is 0.125. The molecule has 0 fully saturated rings. The van der Waals surface area contributed by atoms with E-state index in [-0.39, 0.29) is 22.5 Å². The van der Waals surface area contributed by atoms with E-state index in [0.717, 1.165) is 25.2 Å². The lowest BCUT2D eigenvalue weighted by atomic mass is 10.1. The molecule has 8 nitrogen and oxygen atoms in total. The molecule has 0 saturated carbocycles. The number of fused-ring (bicyclic) bond motifs is 1. The molecule has 0 unspecified atom stereocenters. The maximum absolute atomic E-state index is 12.2. The van der Waals surface area contributed by atoms with E-state index in [1.54, 1.807) is 6.07 Å². The van der Waals surface area contributed by atoms with Gasteiger partial charge < -0.3 is 14.8 Å². The van der Waals surface area contributed by atoms with Gasteiger partial charge in [-0.15, -0.1) is 0 Å². The van der Waals surface area contributed by atoms with Gasteiger partial charge >= 0.3 is 11.9 Å². The molecule has 8 heteroatoms. The minimum Gasteiger partial charge on any atom is -0.466 e. The zero-order valence-corrected chi connectivity index (χ0v) is 12.7. The van der Waals surface area contributed by atoms with Gasteiger partial charge in [0.05, 0.1) is 37.1 Å². The number of esters is 2. The van der Waals surface area contributed by atoms with Gasteiger partial charge in [-0.2, -0.15) is 0 Å². The number of rotatable bonds is 4. The Bertz CT molecular complexity index is 737. The SMILES string of the molecule is COC(=O)/C=C(/Nc1cccc2c1C(=O)N(C)C2=O)C(=O)OC. The van der Waals surface area contributed by atoms with Gasteiger partial charge in [-0.25, -0.2) is 9.59 Å². The Morgan fingerprint density at radius 1 is 1.13 bits per heavy atom. The molecule has 0 spiro atoms. The first-order valence-electron chi connectivity index (χ1n) is 6.51. The second kappa shape index (κ2) is 6.30. The highest BCUT2D eigenvalue weighted by molar-refractivity contribution is 6.23. The first-order valence-corrected chi connectivity index (χ1v) is 6.51. The molecule has 23 heavy (non-hydrogen) atoms. The molecule has 1 aromatic rings. The molecule has 0 aromatic heterocycles. The zero-order chi connectivity index (χ0) is 17.1. The molecule has 2 rings (SSSR count). The number of amides is 2. The number of imide groups is 1. The quantitative estimate of drug-likeness (QED) is 0.491. The predicted molar refractivity (Wildman–Crippen MR) is 78.6 cm³/mol. The van der Waals surface area contributed by atoms with Gasteiger partial charge in [0.2, 0.25) is 0 Å². The highest BCUT2D eigenvalue weighted by Gasteiger charge is 2.35. The van der Waals surface area contributed by atoms with E-state index < -0.39 is 23.8 Å². The molecule has 120 valence electrons. The minimum atomic E-state index is -0.821. The van der Waals surface area contributed by atoms with Crippen LogP contribution in [0.25, 0.3) is 0 Å². The predicted octanol–water partition coefficient (Wildman–Crippen LogP) is 0.554. The Hall–Kier alpha value is -3.16. The first-order chi connectivity index (χ1) is 10.9. The smallest absolute Gasteiger partial charge is 0.354 e. The van der Waals surface area contributed by atoms with Crippen LogP contribution in [0.15, 0.2) is 30.0 Å². The fraction of sp³-hybridized carbons (Fsp3) is 0.200. The first kappa shape index (κ1) is 16.2. The van der Waals surface area contributed by atoms with E-state index in [1.165, 1.54) is 19.2 Å². The van der Waals surface area contributed by atoms with Gasteiger partial charge in [-0.05, 0) is 12.1 Å². The Kier molecular flexibility index (Phi) is 4.44. The van der Waals surface area contributed by atoms with Gasteiger partial charge in [0.1, 0.15) is 5.70 Å². The van der Waals surface area contributed by atoms with E-state index in [9.17, 15) is 19.2 Å². The molecule has 1 aliphatic heterocycles. The van der Waals surface area contributed by atoms with Crippen molar-refractivity contribution < 1.29 is 28.7 Å². The van der Waals surface area contributed by atoms with Crippen LogP contribution in [0, 0.1) is 0 Å². The van der Waals surface area contributed by atoms with Crippen LogP contribution in [0.4, 0.5) is 5.69 Å². The van der Waals surface area contributed by atoms with Crippen LogP contribution in [0.5, 0.6) is 0 Å². The summed E-state index contributed by atoms with van der Waals surface area (Å²) >= 11 is 0. The highest BCUT2D eigenvalue weighted by atomic mass is 16.5. The average molecular weight is 318 g/mol. The van der Waals surface area contributed by atoms with E-state index in [2.05, 4.69) is 14.8 Å². The number of methoxy groups -OCH3 is 2. The lowest BCUT2D eigenvalue weighted by Gasteiger charge is -2.11. The Morgan fingerprint density at radius 3 is 2.43 bits per heavy atom. The van der Waals surface area contributed by atoms with Crippen molar-refractivity contribution in [1.29, 1.82) is 0 Å². The number of hydrogen-bond acceptors (Lipinski definition) is 7. The van der Waals surface area contributed by atoms with Gasteiger partial charge in [0.15, 0.2) is 0 Å². The van der Waals surface area contributed by atoms with Crippen molar-refractivity contribution in [3.05, 3.63) is 41.1 Å². The van der Waals surface area contributed by atoms with Crippen molar-refractivity contribution in [2.45, 2.75) is 0 Å². The van der Waals surface area contributed by atoms with Crippen molar-refractivity contribution in [3.8, 4) is 0 Å². The molecule has 1 aliphatic rings. The number of carbonyl (C=O) groups excluding carboxylic acids is 4. The van der Waals surface area contributed by atoms with Gasteiger partial charge in [0, 0.05) is 7.05 Å². The number of carbonyl (C=O) groups is 4. The molecule has 1 heterocycles. The number of nitrogens with zero attached hydrogens (tertiary/aromatic N) is 1. The van der Waals surface area contributed by atoms with E-state index in [1.807, 2.05) is 0 Å². The molecule has 0 atom stereocenters. The van der Waals surface area contributed by atoms with Crippen molar-refractivity contribution in [2.24, 2.45) is 0 Å². The fourth-order valence-corrected chi connectivity index (χ4v) is 2.08. The van der Waals surface area contributed by atoms with Crippen molar-refractivity contribution in [1.82, 2.24) is 4.90 Å². The van der Waals surface area contributed by atoms with Gasteiger partial charge in [0.25, 0.3) is 11.8 Å². The van der Waals surface area contributed by atoms with Gasteiger partial charge in [-0.1, -0.05) is 6.07 Å². The fourth-order valence-electron chi connectivity index (χ4n) is 2.08. The number of nitrogens with one attached hydrogen (secondary N) is 1. The number of ether oxygens (including phenoxy) is 2. The monoisotopic (exact) mass is 318 g/mol. The van der Waals surface area contributed by atoms with Crippen LogP contribution < -0.4 is 5.32 Å². The second-order valence-electron chi connectivity index (χ2n) is 4.60. The summed E-state index contributed by atoms with van der Waals surface area (Å²) in [5, 5.41) is 2.65. The van der Waals surface area contributed by atoms with Crippen LogP contribution in [-0.2, 0) is 19.1 Å².